The van der Waals surface area contributed by atoms with Crippen LogP contribution in [0.4, 0.5) is 0 Å². The number of primary amides is 1. The van der Waals surface area contributed by atoms with E-state index in [1.54, 1.807) is 0 Å². The molecule has 0 radical (unpaired) electrons. The fraction of sp³-hybridized carbons (Fsp3) is 0.480. The third kappa shape index (κ3) is 3.79. The first-order valence-electron chi connectivity index (χ1n) is 11.3. The highest BCUT2D eigenvalue weighted by Crippen LogP contribution is 2.56. The Balaban J connectivity index is 0.000000840. The molecule has 0 spiro atoms. The number of nitrogens with two attached hydrogens (primary N) is 1. The Labute approximate surface area is 208 Å². The highest BCUT2D eigenvalue weighted by atomic mass is 16.3. The standard InChI is InChI=1S/C22H24N2O8.C3H9N/c1-21(31)8-5-4-6-11(25)12(8)16(26)13-9(21)7-10-15(24(2)3)17(27)14(20(23)30)19(29)22(10,32)18(13)28;1-4(2)3/h4-6,9-10,15,25,27-28,31-32H,7H2,1-3H3,(H2,23,30);1-3H3/t9-,10-,15-,21+,22-;/m0./s1. The number of phenolic OH excluding ortho intramolecular Hbond substituents is 1. The van der Waals surface area contributed by atoms with Crippen molar-refractivity contribution in [1.82, 2.24) is 9.80 Å². The number of Topliss-reactive ketones (excluding diaryl/α,β-unsaturated/α-hetero) is 2. The molecule has 36 heavy (non-hydrogen) atoms. The zero-order valence-electron chi connectivity index (χ0n) is 21.1. The number of aromatic hydroxyl groups is 1. The molecule has 0 saturated carbocycles. The molecule has 7 N–H and O–H groups in total. The van der Waals surface area contributed by atoms with Crippen LogP contribution in [-0.2, 0) is 15.2 Å². The van der Waals surface area contributed by atoms with Crippen molar-refractivity contribution >= 4 is 17.5 Å². The summed E-state index contributed by atoms with van der Waals surface area (Å²) in [6, 6.07) is 3.05. The normalized spacial score (nSPS) is 31.6. The number of rotatable bonds is 2. The first kappa shape index (κ1) is 27.3. The predicted octanol–water partition coefficient (Wildman–Crippen LogP) is -0.0366. The molecular formula is C25H33N3O8. The maximum absolute atomic E-state index is 13.3. The van der Waals surface area contributed by atoms with E-state index in [2.05, 4.69) is 0 Å². The van der Waals surface area contributed by atoms with E-state index in [1.165, 1.54) is 44.1 Å². The number of ketones is 2. The zero-order valence-corrected chi connectivity index (χ0v) is 21.1. The number of carbonyl (C=O) groups is 3. The molecule has 5 atom stereocenters. The number of hydrogen-bond donors (Lipinski definition) is 6. The van der Waals surface area contributed by atoms with Crippen LogP contribution in [0.1, 0.15) is 29.3 Å². The van der Waals surface area contributed by atoms with Crippen molar-refractivity contribution in [3.8, 4) is 5.75 Å². The molecule has 0 unspecified atom stereocenters. The molecule has 11 heteroatoms. The van der Waals surface area contributed by atoms with Crippen LogP contribution in [0.2, 0.25) is 0 Å². The molecule has 0 saturated heterocycles. The number of aliphatic hydroxyl groups is 4. The average Bonchev–Trinajstić information content (AvgIpc) is 2.73. The molecule has 196 valence electrons. The van der Waals surface area contributed by atoms with Gasteiger partial charge in [-0.05, 0) is 60.2 Å². The van der Waals surface area contributed by atoms with Gasteiger partial charge in [0.1, 0.15) is 22.8 Å². The summed E-state index contributed by atoms with van der Waals surface area (Å²) in [5.74, 6) is -7.89. The summed E-state index contributed by atoms with van der Waals surface area (Å²) in [5.41, 5.74) is -0.654. The highest BCUT2D eigenvalue weighted by molar-refractivity contribution is 6.24. The Morgan fingerprint density at radius 2 is 1.61 bits per heavy atom. The van der Waals surface area contributed by atoms with Crippen molar-refractivity contribution in [3.63, 3.8) is 0 Å². The maximum atomic E-state index is 13.3. The fourth-order valence-electron chi connectivity index (χ4n) is 5.51. The molecule has 0 aromatic heterocycles. The molecule has 0 heterocycles. The summed E-state index contributed by atoms with van der Waals surface area (Å²) in [5, 5.41) is 55.0. The predicted molar refractivity (Wildman–Crippen MR) is 129 cm³/mol. The minimum Gasteiger partial charge on any atom is -0.510 e. The molecule has 3 aliphatic carbocycles. The van der Waals surface area contributed by atoms with Gasteiger partial charge >= 0.3 is 0 Å². The fourth-order valence-corrected chi connectivity index (χ4v) is 5.51. The van der Waals surface area contributed by atoms with Gasteiger partial charge in [0.25, 0.3) is 5.91 Å². The molecule has 0 aliphatic heterocycles. The average molecular weight is 504 g/mol. The van der Waals surface area contributed by atoms with Gasteiger partial charge in [-0.1, -0.05) is 12.1 Å². The molecule has 3 aliphatic rings. The van der Waals surface area contributed by atoms with E-state index in [1.807, 2.05) is 26.0 Å². The zero-order chi connectivity index (χ0) is 27.5. The number of hydrogen-bond acceptors (Lipinski definition) is 10. The van der Waals surface area contributed by atoms with Crippen molar-refractivity contribution in [2.45, 2.75) is 30.6 Å². The van der Waals surface area contributed by atoms with Gasteiger partial charge in [-0.3, -0.25) is 19.3 Å². The summed E-state index contributed by atoms with van der Waals surface area (Å²) < 4.78 is 0. The van der Waals surface area contributed by atoms with E-state index in [-0.39, 0.29) is 17.5 Å². The number of carbonyl (C=O) groups excluding carboxylic acids is 3. The first-order valence-corrected chi connectivity index (χ1v) is 11.3. The lowest BCUT2D eigenvalue weighted by Crippen LogP contribution is -2.65. The van der Waals surface area contributed by atoms with Crippen LogP contribution in [0.5, 0.6) is 5.75 Å². The van der Waals surface area contributed by atoms with Crippen LogP contribution < -0.4 is 5.73 Å². The number of aliphatic hydroxyl groups excluding tert-OH is 2. The third-order valence-electron chi connectivity index (χ3n) is 7.02. The number of phenols is 1. The van der Waals surface area contributed by atoms with Crippen LogP contribution in [0.15, 0.2) is 40.9 Å². The summed E-state index contributed by atoms with van der Waals surface area (Å²) in [7, 11) is 9.06. The first-order chi connectivity index (χ1) is 16.5. The topological polar surface area (TPSA) is 185 Å². The van der Waals surface area contributed by atoms with Gasteiger partial charge in [0.15, 0.2) is 11.4 Å². The lowest BCUT2D eigenvalue weighted by Gasteiger charge is -2.52. The molecule has 1 aromatic rings. The summed E-state index contributed by atoms with van der Waals surface area (Å²) in [4.78, 5) is 41.9. The summed E-state index contributed by atoms with van der Waals surface area (Å²) in [6.07, 6.45) is -0.200. The van der Waals surface area contributed by atoms with E-state index in [0.717, 1.165) is 0 Å². The number of benzene rings is 1. The van der Waals surface area contributed by atoms with Crippen LogP contribution in [0, 0.1) is 11.8 Å². The van der Waals surface area contributed by atoms with E-state index >= 15 is 0 Å². The monoisotopic (exact) mass is 503 g/mol. The van der Waals surface area contributed by atoms with Gasteiger partial charge in [0.2, 0.25) is 5.78 Å². The Kier molecular flexibility index (Phi) is 6.84. The second-order valence-electron chi connectivity index (χ2n) is 10.3. The van der Waals surface area contributed by atoms with Gasteiger partial charge in [0, 0.05) is 17.4 Å². The van der Waals surface area contributed by atoms with E-state index in [0.29, 0.717) is 0 Å². The highest BCUT2D eigenvalue weighted by Gasteiger charge is 2.65. The van der Waals surface area contributed by atoms with Crippen LogP contribution in [0.25, 0.3) is 0 Å². The number of likely N-dealkylation sites (N-methyl/N-ethyl adjacent to an activating group) is 1. The Bertz CT molecular complexity index is 1200. The summed E-state index contributed by atoms with van der Waals surface area (Å²) >= 11 is 0. The van der Waals surface area contributed by atoms with Gasteiger partial charge < -0.3 is 36.2 Å². The van der Waals surface area contributed by atoms with Gasteiger partial charge in [-0.15, -0.1) is 0 Å². The van der Waals surface area contributed by atoms with Crippen molar-refractivity contribution in [1.29, 1.82) is 0 Å². The molecule has 11 nitrogen and oxygen atoms in total. The van der Waals surface area contributed by atoms with Crippen molar-refractivity contribution in [2.24, 2.45) is 17.6 Å². The smallest absolute Gasteiger partial charge is 0.255 e. The Morgan fingerprint density at radius 3 is 2.11 bits per heavy atom. The second-order valence-corrected chi connectivity index (χ2v) is 10.3. The van der Waals surface area contributed by atoms with E-state index in [9.17, 15) is 39.9 Å². The minimum absolute atomic E-state index is 0.135. The lowest BCUT2D eigenvalue weighted by atomic mass is 9.55. The van der Waals surface area contributed by atoms with E-state index in [4.69, 9.17) is 5.73 Å². The quantitative estimate of drug-likeness (QED) is 0.299. The number of amides is 1. The maximum Gasteiger partial charge on any atom is 0.255 e. The lowest BCUT2D eigenvalue weighted by molar-refractivity contribution is -0.151. The minimum atomic E-state index is -2.75. The van der Waals surface area contributed by atoms with Gasteiger partial charge in [-0.25, -0.2) is 0 Å². The third-order valence-corrected chi connectivity index (χ3v) is 7.02. The Morgan fingerprint density at radius 1 is 1.06 bits per heavy atom. The molecule has 0 bridgehead atoms. The Hall–Kier alpha value is -3.25. The molecule has 1 amide bonds. The number of fused-ring (bicyclic) bond motifs is 3. The molecule has 1 aromatic carbocycles. The van der Waals surface area contributed by atoms with Crippen LogP contribution >= 0.6 is 0 Å². The summed E-state index contributed by atoms with van der Waals surface area (Å²) in [6.45, 7) is 1.40. The number of nitrogens with zero attached hydrogens (tertiary/aromatic N) is 2. The van der Waals surface area contributed by atoms with Crippen molar-refractivity contribution in [3.05, 3.63) is 52.0 Å². The van der Waals surface area contributed by atoms with Crippen LogP contribution in [0.3, 0.4) is 0 Å². The molecule has 4 rings (SSSR count). The largest absolute Gasteiger partial charge is 0.510 e. The van der Waals surface area contributed by atoms with Crippen LogP contribution in [-0.4, -0.2) is 99.7 Å². The van der Waals surface area contributed by atoms with Crippen molar-refractivity contribution < 1.29 is 39.9 Å². The SMILES string of the molecule is CN(C)C.CN(C)[C@@H]1C(O)=C(C(N)=O)C(=O)[C@@]2(O)C(O)=C3C(=O)c4c(O)cccc4[C@@](C)(O)[C@H]3C[C@@H]12. The van der Waals surface area contributed by atoms with Gasteiger partial charge in [-0.2, -0.15) is 0 Å². The second kappa shape index (κ2) is 9.00. The van der Waals surface area contributed by atoms with E-state index < -0.39 is 75.0 Å². The van der Waals surface area contributed by atoms with Gasteiger partial charge in [0.05, 0.1) is 17.2 Å². The van der Waals surface area contributed by atoms with Crippen molar-refractivity contribution in [2.75, 3.05) is 35.2 Å². The molecular weight excluding hydrogens is 470 g/mol. The molecule has 0 fully saturated rings.